The van der Waals surface area contributed by atoms with Gasteiger partial charge in [0.2, 0.25) is 0 Å². The Labute approximate surface area is 126 Å². The van der Waals surface area contributed by atoms with E-state index in [1.54, 1.807) is 19.2 Å². The summed E-state index contributed by atoms with van der Waals surface area (Å²) in [7, 11) is 1.55. The van der Waals surface area contributed by atoms with E-state index in [4.69, 9.17) is 21.1 Å². The molecule has 0 amide bonds. The Bertz CT molecular complexity index is 599. The average Bonchev–Trinajstić information content (AvgIpc) is 2.45. The summed E-state index contributed by atoms with van der Waals surface area (Å²) in [6.45, 7) is 0.577. The Morgan fingerprint density at radius 2 is 1.86 bits per heavy atom. The Morgan fingerprint density at radius 1 is 1.14 bits per heavy atom. The van der Waals surface area contributed by atoms with Gasteiger partial charge in [0.1, 0.15) is 12.4 Å². The van der Waals surface area contributed by atoms with Gasteiger partial charge in [-0.2, -0.15) is 0 Å². The van der Waals surface area contributed by atoms with Gasteiger partial charge in [0, 0.05) is 12.6 Å². The highest BCUT2D eigenvalue weighted by Gasteiger charge is 2.09. The van der Waals surface area contributed by atoms with Gasteiger partial charge in [0.05, 0.1) is 17.8 Å². The zero-order valence-electron chi connectivity index (χ0n) is 11.3. The predicted octanol–water partition coefficient (Wildman–Crippen LogP) is 4.12. The Morgan fingerprint density at radius 3 is 2.52 bits per heavy atom. The van der Waals surface area contributed by atoms with Crippen LogP contribution in [0, 0.1) is 11.6 Å². The molecule has 0 saturated heterocycles. The van der Waals surface area contributed by atoms with Crippen LogP contribution in [-0.2, 0) is 0 Å². The highest BCUT2D eigenvalue weighted by Crippen LogP contribution is 2.27. The van der Waals surface area contributed by atoms with E-state index in [9.17, 15) is 8.78 Å². The summed E-state index contributed by atoms with van der Waals surface area (Å²) in [5.41, 5.74) is 0.0571. The fraction of sp³-hybridized carbons (Fsp3) is 0.200. The summed E-state index contributed by atoms with van der Waals surface area (Å²) < 4.78 is 37.1. The molecule has 0 aliphatic carbocycles. The molecule has 0 atom stereocenters. The van der Waals surface area contributed by atoms with Crippen LogP contribution in [0.5, 0.6) is 11.5 Å². The van der Waals surface area contributed by atoms with Crippen molar-refractivity contribution in [3.8, 4) is 11.5 Å². The molecule has 0 heterocycles. The van der Waals surface area contributed by atoms with Crippen LogP contribution in [0.15, 0.2) is 36.4 Å². The summed E-state index contributed by atoms with van der Waals surface area (Å²) in [5.74, 6) is -0.249. The van der Waals surface area contributed by atoms with E-state index in [-0.39, 0.29) is 17.3 Å². The number of halogens is 3. The molecule has 3 nitrogen and oxygen atoms in total. The number of rotatable bonds is 6. The summed E-state index contributed by atoms with van der Waals surface area (Å²) in [5, 5.41) is 2.77. The molecule has 2 aromatic rings. The molecule has 0 aliphatic rings. The molecule has 0 bridgehead atoms. The van der Waals surface area contributed by atoms with Crippen LogP contribution in [0.4, 0.5) is 14.5 Å². The van der Waals surface area contributed by atoms with Crippen molar-refractivity contribution in [2.24, 2.45) is 0 Å². The SMILES string of the molecule is COc1ccccc1OCCNc1c(F)cc(F)cc1Cl. The van der Waals surface area contributed by atoms with E-state index in [2.05, 4.69) is 5.32 Å². The minimum absolute atomic E-state index is 0.00945. The zero-order chi connectivity index (χ0) is 15.2. The molecule has 0 spiro atoms. The molecule has 0 saturated carbocycles. The summed E-state index contributed by atoms with van der Waals surface area (Å²) >= 11 is 5.78. The van der Waals surface area contributed by atoms with Crippen molar-refractivity contribution in [1.29, 1.82) is 0 Å². The average molecular weight is 314 g/mol. The van der Waals surface area contributed by atoms with Gasteiger partial charge in [-0.1, -0.05) is 23.7 Å². The predicted molar refractivity (Wildman–Crippen MR) is 78.3 cm³/mol. The smallest absolute Gasteiger partial charge is 0.161 e. The second-order valence-electron chi connectivity index (χ2n) is 4.17. The van der Waals surface area contributed by atoms with Crippen molar-refractivity contribution in [3.63, 3.8) is 0 Å². The second-order valence-corrected chi connectivity index (χ2v) is 4.58. The first-order chi connectivity index (χ1) is 10.1. The van der Waals surface area contributed by atoms with Gasteiger partial charge in [-0.05, 0) is 18.2 Å². The molecule has 2 rings (SSSR count). The molecule has 1 N–H and O–H groups in total. The molecule has 0 fully saturated rings. The first kappa shape index (κ1) is 15.4. The standard InChI is InChI=1S/C15H14ClF2NO2/c1-20-13-4-2-3-5-14(13)21-7-6-19-15-11(16)8-10(17)9-12(15)18/h2-5,8-9,19H,6-7H2,1H3. The maximum Gasteiger partial charge on any atom is 0.161 e. The molecular weight excluding hydrogens is 300 g/mol. The van der Waals surface area contributed by atoms with Crippen molar-refractivity contribution in [2.75, 3.05) is 25.6 Å². The molecule has 0 aliphatic heterocycles. The molecular formula is C15H14ClF2NO2. The van der Waals surface area contributed by atoms with Crippen LogP contribution in [0.2, 0.25) is 5.02 Å². The van der Waals surface area contributed by atoms with Crippen molar-refractivity contribution in [1.82, 2.24) is 0 Å². The Balaban J connectivity index is 1.91. The van der Waals surface area contributed by atoms with Crippen LogP contribution in [0.1, 0.15) is 0 Å². The van der Waals surface area contributed by atoms with Gasteiger partial charge in [-0.15, -0.1) is 0 Å². The quantitative estimate of drug-likeness (QED) is 0.814. The lowest BCUT2D eigenvalue weighted by Gasteiger charge is -2.12. The van der Waals surface area contributed by atoms with Crippen molar-refractivity contribution in [2.45, 2.75) is 0 Å². The van der Waals surface area contributed by atoms with E-state index in [0.29, 0.717) is 18.0 Å². The first-order valence-electron chi connectivity index (χ1n) is 6.26. The van der Waals surface area contributed by atoms with E-state index < -0.39 is 11.6 Å². The number of benzene rings is 2. The monoisotopic (exact) mass is 313 g/mol. The van der Waals surface area contributed by atoms with E-state index in [0.717, 1.165) is 12.1 Å². The second kappa shape index (κ2) is 7.13. The Hall–Kier alpha value is -2.01. The van der Waals surface area contributed by atoms with Crippen LogP contribution in [0.25, 0.3) is 0 Å². The highest BCUT2D eigenvalue weighted by molar-refractivity contribution is 6.33. The fourth-order valence-corrected chi connectivity index (χ4v) is 2.05. The van der Waals surface area contributed by atoms with Crippen LogP contribution >= 0.6 is 11.6 Å². The first-order valence-corrected chi connectivity index (χ1v) is 6.64. The number of hydrogen-bond donors (Lipinski definition) is 1. The van der Waals surface area contributed by atoms with E-state index in [1.165, 1.54) is 0 Å². The fourth-order valence-electron chi connectivity index (χ4n) is 1.79. The third kappa shape index (κ3) is 3.98. The van der Waals surface area contributed by atoms with Gasteiger partial charge >= 0.3 is 0 Å². The van der Waals surface area contributed by atoms with Gasteiger partial charge in [0.25, 0.3) is 0 Å². The number of methoxy groups -OCH3 is 1. The van der Waals surface area contributed by atoms with Crippen LogP contribution < -0.4 is 14.8 Å². The molecule has 0 aromatic heterocycles. The third-order valence-corrected chi connectivity index (χ3v) is 3.04. The van der Waals surface area contributed by atoms with Crippen molar-refractivity contribution >= 4 is 17.3 Å². The maximum absolute atomic E-state index is 13.5. The molecule has 6 heteroatoms. The Kier molecular flexibility index (Phi) is 5.22. The van der Waals surface area contributed by atoms with E-state index in [1.807, 2.05) is 12.1 Å². The minimum Gasteiger partial charge on any atom is -0.493 e. The maximum atomic E-state index is 13.5. The largest absolute Gasteiger partial charge is 0.493 e. The van der Waals surface area contributed by atoms with E-state index >= 15 is 0 Å². The van der Waals surface area contributed by atoms with Crippen molar-refractivity contribution in [3.05, 3.63) is 53.1 Å². The summed E-state index contributed by atoms with van der Waals surface area (Å²) in [6.07, 6.45) is 0. The lowest BCUT2D eigenvalue weighted by atomic mass is 10.3. The number of ether oxygens (including phenoxy) is 2. The lowest BCUT2D eigenvalue weighted by molar-refractivity contribution is 0.305. The number of para-hydroxylation sites is 2. The number of nitrogens with one attached hydrogen (secondary N) is 1. The van der Waals surface area contributed by atoms with Crippen LogP contribution in [-0.4, -0.2) is 20.3 Å². The molecule has 112 valence electrons. The summed E-state index contributed by atoms with van der Waals surface area (Å²) in [6, 6.07) is 9.02. The molecule has 21 heavy (non-hydrogen) atoms. The van der Waals surface area contributed by atoms with Gasteiger partial charge in [-0.25, -0.2) is 8.78 Å². The third-order valence-electron chi connectivity index (χ3n) is 2.74. The molecule has 0 radical (unpaired) electrons. The number of hydrogen-bond acceptors (Lipinski definition) is 3. The summed E-state index contributed by atoms with van der Waals surface area (Å²) in [4.78, 5) is 0. The lowest BCUT2D eigenvalue weighted by Crippen LogP contribution is -2.13. The number of anilines is 1. The topological polar surface area (TPSA) is 30.5 Å². The normalized spacial score (nSPS) is 10.3. The zero-order valence-corrected chi connectivity index (χ0v) is 12.1. The van der Waals surface area contributed by atoms with Crippen molar-refractivity contribution < 1.29 is 18.3 Å². The molecule has 0 unspecified atom stereocenters. The minimum atomic E-state index is -0.739. The molecule has 2 aromatic carbocycles. The van der Waals surface area contributed by atoms with Gasteiger partial charge < -0.3 is 14.8 Å². The highest BCUT2D eigenvalue weighted by atomic mass is 35.5. The van der Waals surface area contributed by atoms with Gasteiger partial charge in [-0.3, -0.25) is 0 Å². The van der Waals surface area contributed by atoms with Gasteiger partial charge in [0.15, 0.2) is 17.3 Å². The van der Waals surface area contributed by atoms with Crippen LogP contribution in [0.3, 0.4) is 0 Å².